The van der Waals surface area contributed by atoms with Gasteiger partial charge in [0.15, 0.2) is 5.75 Å². The number of benzene rings is 3. The van der Waals surface area contributed by atoms with Crippen molar-refractivity contribution in [2.24, 2.45) is 0 Å². The lowest BCUT2D eigenvalue weighted by molar-refractivity contribution is -0.384. The zero-order valence-electron chi connectivity index (χ0n) is 19.3. The molecule has 1 amide bonds. The molecule has 1 aromatic heterocycles. The molecule has 0 aliphatic carbocycles. The zero-order valence-corrected chi connectivity index (χ0v) is 20.8. The fourth-order valence-electron chi connectivity index (χ4n) is 3.73. The number of ether oxygens (including phenoxy) is 1. The molecule has 4 aromatic rings. The molecule has 0 spiro atoms. The molecule has 186 valence electrons. The fraction of sp³-hybridized carbons (Fsp3) is 0.111. The molecule has 0 bridgehead atoms. The third kappa shape index (κ3) is 6.28. The second-order valence-electron chi connectivity index (χ2n) is 8.06. The van der Waals surface area contributed by atoms with Crippen LogP contribution in [-0.2, 0) is 17.8 Å². The summed E-state index contributed by atoms with van der Waals surface area (Å²) in [6, 6.07) is 18.8. The van der Waals surface area contributed by atoms with E-state index in [0.29, 0.717) is 24.1 Å². The van der Waals surface area contributed by atoms with Crippen molar-refractivity contribution in [3.8, 4) is 11.8 Å². The molecule has 0 aliphatic rings. The SMILES string of the molecule is N#C/C(=C/c1cc(Cl)c(OCc2ccc([N+](=O)[O-])cc2)c(Cl)c1)C(=O)NCCc1c[nH]c2ccccc12. The monoisotopic (exact) mass is 534 g/mol. The van der Waals surface area contributed by atoms with Crippen LogP contribution in [0.4, 0.5) is 5.69 Å². The molecule has 0 saturated heterocycles. The number of hydrogen-bond acceptors (Lipinski definition) is 5. The maximum Gasteiger partial charge on any atom is 0.269 e. The summed E-state index contributed by atoms with van der Waals surface area (Å²) >= 11 is 12.7. The Hall–Kier alpha value is -4.32. The van der Waals surface area contributed by atoms with Gasteiger partial charge < -0.3 is 15.0 Å². The maximum absolute atomic E-state index is 12.6. The highest BCUT2D eigenvalue weighted by atomic mass is 35.5. The van der Waals surface area contributed by atoms with E-state index in [1.165, 1.54) is 30.3 Å². The number of carbonyl (C=O) groups is 1. The van der Waals surface area contributed by atoms with E-state index in [9.17, 15) is 20.2 Å². The first-order valence-corrected chi connectivity index (χ1v) is 11.9. The van der Waals surface area contributed by atoms with Crippen molar-refractivity contribution in [3.63, 3.8) is 0 Å². The predicted octanol–water partition coefficient (Wildman–Crippen LogP) is 6.23. The Balaban J connectivity index is 1.39. The van der Waals surface area contributed by atoms with Gasteiger partial charge in [-0.3, -0.25) is 14.9 Å². The quantitative estimate of drug-likeness (QED) is 0.114. The van der Waals surface area contributed by atoms with Crippen LogP contribution >= 0.6 is 23.2 Å². The number of halogens is 2. The number of nitrogens with one attached hydrogen (secondary N) is 2. The normalized spacial score (nSPS) is 11.2. The smallest absolute Gasteiger partial charge is 0.269 e. The van der Waals surface area contributed by atoms with Gasteiger partial charge in [0.05, 0.1) is 15.0 Å². The summed E-state index contributed by atoms with van der Waals surface area (Å²) in [4.78, 5) is 26.1. The summed E-state index contributed by atoms with van der Waals surface area (Å²) in [7, 11) is 0. The van der Waals surface area contributed by atoms with Crippen molar-refractivity contribution in [1.82, 2.24) is 10.3 Å². The number of nitrogens with zero attached hydrogens (tertiary/aromatic N) is 2. The number of nitro groups is 1. The Kier molecular flexibility index (Phi) is 8.08. The summed E-state index contributed by atoms with van der Waals surface area (Å²) in [5.41, 5.74) is 3.13. The van der Waals surface area contributed by atoms with Gasteiger partial charge in [0.1, 0.15) is 18.2 Å². The molecule has 4 rings (SSSR count). The van der Waals surface area contributed by atoms with Crippen LogP contribution in [0.3, 0.4) is 0 Å². The summed E-state index contributed by atoms with van der Waals surface area (Å²) in [5, 5.41) is 24.6. The average molecular weight is 535 g/mol. The van der Waals surface area contributed by atoms with Crippen molar-refractivity contribution < 1.29 is 14.5 Å². The first-order chi connectivity index (χ1) is 17.9. The van der Waals surface area contributed by atoms with E-state index in [1.807, 2.05) is 36.5 Å². The van der Waals surface area contributed by atoms with E-state index in [0.717, 1.165) is 16.5 Å². The molecular weight excluding hydrogens is 515 g/mol. The van der Waals surface area contributed by atoms with Crippen molar-refractivity contribution in [1.29, 1.82) is 5.26 Å². The first kappa shape index (κ1) is 25.8. The largest absolute Gasteiger partial charge is 0.486 e. The molecule has 10 heteroatoms. The Morgan fingerprint density at radius 3 is 2.51 bits per heavy atom. The van der Waals surface area contributed by atoms with Crippen LogP contribution in [0.5, 0.6) is 5.75 Å². The molecule has 0 radical (unpaired) electrons. The molecule has 0 fully saturated rings. The summed E-state index contributed by atoms with van der Waals surface area (Å²) in [6.07, 6.45) is 3.92. The van der Waals surface area contributed by atoms with E-state index < -0.39 is 10.8 Å². The lowest BCUT2D eigenvalue weighted by atomic mass is 10.1. The molecule has 3 aromatic carbocycles. The molecule has 0 unspecified atom stereocenters. The fourth-order valence-corrected chi connectivity index (χ4v) is 4.34. The van der Waals surface area contributed by atoms with Crippen molar-refractivity contribution >= 4 is 51.8 Å². The van der Waals surface area contributed by atoms with Gasteiger partial charge in [-0.05, 0) is 59.5 Å². The molecule has 37 heavy (non-hydrogen) atoms. The molecule has 8 nitrogen and oxygen atoms in total. The Labute approximate surface area is 222 Å². The van der Waals surface area contributed by atoms with Gasteiger partial charge in [-0.1, -0.05) is 41.4 Å². The highest BCUT2D eigenvalue weighted by Crippen LogP contribution is 2.35. The highest BCUT2D eigenvalue weighted by molar-refractivity contribution is 6.37. The van der Waals surface area contributed by atoms with Gasteiger partial charge in [0, 0.05) is 35.8 Å². The van der Waals surface area contributed by atoms with Gasteiger partial charge >= 0.3 is 0 Å². The third-order valence-corrected chi connectivity index (χ3v) is 6.14. The number of aromatic nitrogens is 1. The maximum atomic E-state index is 12.6. The third-order valence-electron chi connectivity index (χ3n) is 5.58. The molecule has 0 aliphatic heterocycles. The first-order valence-electron chi connectivity index (χ1n) is 11.2. The Bertz CT molecular complexity index is 1520. The van der Waals surface area contributed by atoms with Gasteiger partial charge in [-0.15, -0.1) is 0 Å². The highest BCUT2D eigenvalue weighted by Gasteiger charge is 2.14. The van der Waals surface area contributed by atoms with Gasteiger partial charge in [-0.25, -0.2) is 0 Å². The number of carbonyl (C=O) groups excluding carboxylic acids is 1. The van der Waals surface area contributed by atoms with Crippen molar-refractivity contribution in [2.75, 3.05) is 6.54 Å². The zero-order chi connectivity index (χ0) is 26.4. The number of fused-ring (bicyclic) bond motifs is 1. The summed E-state index contributed by atoms with van der Waals surface area (Å²) < 4.78 is 5.71. The molecular formula is C27H20Cl2N4O4. The van der Waals surface area contributed by atoms with Crippen LogP contribution in [0, 0.1) is 21.4 Å². The van der Waals surface area contributed by atoms with Gasteiger partial charge in [0.2, 0.25) is 0 Å². The number of amides is 1. The number of rotatable bonds is 9. The van der Waals surface area contributed by atoms with E-state index >= 15 is 0 Å². The number of aromatic amines is 1. The number of non-ortho nitro benzene ring substituents is 1. The minimum Gasteiger partial charge on any atom is -0.486 e. The second kappa shape index (κ2) is 11.6. The average Bonchev–Trinajstić information content (AvgIpc) is 3.30. The lowest BCUT2D eigenvalue weighted by Crippen LogP contribution is -2.26. The number of nitro benzene ring substituents is 1. The molecule has 0 saturated carbocycles. The Morgan fingerprint density at radius 2 is 1.84 bits per heavy atom. The van der Waals surface area contributed by atoms with Gasteiger partial charge in [0.25, 0.3) is 11.6 Å². The minimum atomic E-state index is -0.506. The topological polar surface area (TPSA) is 121 Å². The van der Waals surface area contributed by atoms with Crippen LogP contribution in [-0.4, -0.2) is 22.4 Å². The lowest BCUT2D eigenvalue weighted by Gasteiger charge is -2.11. The van der Waals surface area contributed by atoms with Crippen LogP contribution < -0.4 is 10.1 Å². The van der Waals surface area contributed by atoms with E-state index in [1.54, 1.807) is 12.1 Å². The van der Waals surface area contributed by atoms with Crippen LogP contribution in [0.25, 0.3) is 17.0 Å². The summed E-state index contributed by atoms with van der Waals surface area (Å²) in [6.45, 7) is 0.450. The minimum absolute atomic E-state index is 0.0220. The standard InChI is InChI=1S/C27H20Cl2N4O4/c28-23-12-18(13-24(29)26(23)37-16-17-5-7-21(8-6-17)33(35)36)11-20(14-30)27(34)31-10-9-19-15-32-25-4-2-1-3-22(19)25/h1-8,11-13,15,32H,9-10,16H2,(H,31,34)/b20-11-. The second-order valence-corrected chi connectivity index (χ2v) is 8.88. The van der Waals surface area contributed by atoms with Crippen LogP contribution in [0.15, 0.2) is 72.4 Å². The van der Waals surface area contributed by atoms with Crippen LogP contribution in [0.1, 0.15) is 16.7 Å². The summed E-state index contributed by atoms with van der Waals surface area (Å²) in [5.74, 6) is -0.284. The van der Waals surface area contributed by atoms with E-state index in [4.69, 9.17) is 27.9 Å². The van der Waals surface area contributed by atoms with E-state index in [-0.39, 0.29) is 33.7 Å². The number of H-pyrrole nitrogens is 1. The number of para-hydroxylation sites is 1. The van der Waals surface area contributed by atoms with Crippen LogP contribution in [0.2, 0.25) is 10.0 Å². The molecule has 2 N–H and O–H groups in total. The molecule has 0 atom stereocenters. The van der Waals surface area contributed by atoms with E-state index in [2.05, 4.69) is 10.3 Å². The number of hydrogen-bond donors (Lipinski definition) is 2. The predicted molar refractivity (Wildman–Crippen MR) is 142 cm³/mol. The van der Waals surface area contributed by atoms with Crippen molar-refractivity contribution in [3.05, 3.63) is 109 Å². The number of nitriles is 1. The van der Waals surface area contributed by atoms with Crippen molar-refractivity contribution in [2.45, 2.75) is 13.0 Å². The Morgan fingerprint density at radius 1 is 1.14 bits per heavy atom. The van der Waals surface area contributed by atoms with Gasteiger partial charge in [-0.2, -0.15) is 5.26 Å². The molecule has 1 heterocycles.